The summed E-state index contributed by atoms with van der Waals surface area (Å²) in [5.74, 6) is 0. The molecule has 0 bridgehead atoms. The minimum atomic E-state index is -0.183. The molecule has 282 valence electrons. The van der Waals surface area contributed by atoms with E-state index in [4.69, 9.17) is 0 Å². The second-order valence-electron chi connectivity index (χ2n) is 18.9. The van der Waals surface area contributed by atoms with E-state index in [1.165, 1.54) is 122 Å². The molecule has 3 aliphatic rings. The van der Waals surface area contributed by atoms with Crippen molar-refractivity contribution in [2.75, 3.05) is 0 Å². The van der Waals surface area contributed by atoms with Crippen LogP contribution in [0.3, 0.4) is 0 Å². The normalized spacial score (nSPS) is 15.7. The summed E-state index contributed by atoms with van der Waals surface area (Å²) >= 11 is 0. The van der Waals surface area contributed by atoms with Crippen LogP contribution in [0.1, 0.15) is 74.9 Å². The van der Waals surface area contributed by atoms with Gasteiger partial charge in [-0.25, -0.2) is 0 Å². The van der Waals surface area contributed by atoms with Crippen LogP contribution < -0.4 is 0 Å². The Bertz CT molecular complexity index is 3260. The fraction of sp³-hybridized carbons (Fsp3) is 0.153. The van der Waals surface area contributed by atoms with Crippen LogP contribution in [0, 0.1) is 0 Å². The first kappa shape index (κ1) is 34.5. The van der Waals surface area contributed by atoms with E-state index >= 15 is 0 Å². The quantitative estimate of drug-likeness (QED) is 0.158. The zero-order valence-electron chi connectivity index (χ0n) is 34.7. The van der Waals surface area contributed by atoms with E-state index in [0.717, 1.165) is 0 Å². The monoisotopic (exact) mass is 754 g/mol. The first-order chi connectivity index (χ1) is 28.5. The lowest BCUT2D eigenvalue weighted by Gasteiger charge is -2.26. The van der Waals surface area contributed by atoms with Crippen LogP contribution in [0.15, 0.2) is 170 Å². The molecule has 0 unspecified atom stereocenters. The van der Waals surface area contributed by atoms with Gasteiger partial charge >= 0.3 is 0 Å². The van der Waals surface area contributed by atoms with Crippen molar-refractivity contribution < 1.29 is 0 Å². The van der Waals surface area contributed by atoms with Crippen molar-refractivity contribution in [1.29, 1.82) is 0 Å². The van der Waals surface area contributed by atoms with Crippen molar-refractivity contribution in [3.05, 3.63) is 203 Å². The highest BCUT2D eigenvalue weighted by atomic mass is 14.4. The van der Waals surface area contributed by atoms with Crippen molar-refractivity contribution in [3.63, 3.8) is 0 Å². The molecule has 9 aromatic carbocycles. The molecule has 0 N–H and O–H groups in total. The van der Waals surface area contributed by atoms with E-state index < -0.39 is 0 Å². The topological polar surface area (TPSA) is 0 Å². The molecular formula is C59H46. The third-order valence-electron chi connectivity index (χ3n) is 14.7. The second kappa shape index (κ2) is 11.8. The number of benzene rings is 9. The lowest BCUT2D eigenvalue weighted by molar-refractivity contribution is 0.660. The van der Waals surface area contributed by atoms with Gasteiger partial charge in [0.25, 0.3) is 0 Å². The summed E-state index contributed by atoms with van der Waals surface area (Å²) in [4.78, 5) is 0. The number of rotatable bonds is 3. The molecule has 0 heterocycles. The molecule has 0 radical (unpaired) electrons. The van der Waals surface area contributed by atoms with Crippen LogP contribution in [0.4, 0.5) is 0 Å². The van der Waals surface area contributed by atoms with Gasteiger partial charge in [-0.15, -0.1) is 0 Å². The van der Waals surface area contributed by atoms with Gasteiger partial charge in [-0.1, -0.05) is 175 Å². The van der Waals surface area contributed by atoms with E-state index in [1.807, 2.05) is 0 Å². The van der Waals surface area contributed by atoms with E-state index in [9.17, 15) is 0 Å². The molecule has 0 atom stereocenters. The molecule has 0 heteroatoms. The van der Waals surface area contributed by atoms with Gasteiger partial charge in [-0.05, 0) is 158 Å². The highest BCUT2D eigenvalue weighted by molar-refractivity contribution is 6.23. The van der Waals surface area contributed by atoms with E-state index in [1.54, 1.807) is 0 Å². The Hall–Kier alpha value is -6.50. The molecule has 9 aromatic rings. The molecule has 0 aliphatic heterocycles. The minimum absolute atomic E-state index is 0.109. The van der Waals surface area contributed by atoms with Crippen LogP contribution in [0.2, 0.25) is 0 Å². The van der Waals surface area contributed by atoms with Gasteiger partial charge in [0.1, 0.15) is 0 Å². The molecule has 12 rings (SSSR count). The summed E-state index contributed by atoms with van der Waals surface area (Å²) in [7, 11) is 0. The average molecular weight is 755 g/mol. The fourth-order valence-electron chi connectivity index (χ4n) is 11.5. The molecule has 0 saturated heterocycles. The Morgan fingerprint density at radius 3 is 1.15 bits per heavy atom. The summed E-state index contributed by atoms with van der Waals surface area (Å²) in [6, 6.07) is 64.9. The Morgan fingerprint density at radius 2 is 0.593 bits per heavy atom. The lowest BCUT2D eigenvalue weighted by atomic mass is 9.77. The van der Waals surface area contributed by atoms with Crippen LogP contribution in [0.25, 0.3) is 88.3 Å². The average Bonchev–Trinajstić information content (AvgIpc) is 3.73. The molecule has 0 saturated carbocycles. The zero-order chi connectivity index (χ0) is 40.0. The van der Waals surface area contributed by atoms with Crippen molar-refractivity contribution >= 4 is 21.5 Å². The Labute approximate surface area is 347 Å². The predicted molar refractivity (Wildman–Crippen MR) is 250 cm³/mol. The summed E-state index contributed by atoms with van der Waals surface area (Å²) < 4.78 is 0. The van der Waals surface area contributed by atoms with Crippen molar-refractivity contribution in [1.82, 2.24) is 0 Å². The van der Waals surface area contributed by atoms with Crippen LogP contribution in [-0.4, -0.2) is 0 Å². The number of hydrogen-bond donors (Lipinski definition) is 0. The summed E-state index contributed by atoms with van der Waals surface area (Å²) in [5.41, 5.74) is 23.8. The smallest absolute Gasteiger partial charge is 0.0159 e. The molecule has 59 heavy (non-hydrogen) atoms. The maximum Gasteiger partial charge on any atom is 0.0159 e. The van der Waals surface area contributed by atoms with Gasteiger partial charge in [0, 0.05) is 16.2 Å². The molecule has 0 aromatic heterocycles. The van der Waals surface area contributed by atoms with E-state index in [0.29, 0.717) is 0 Å². The van der Waals surface area contributed by atoms with E-state index in [2.05, 4.69) is 211 Å². The number of hydrogen-bond acceptors (Lipinski definition) is 0. The van der Waals surface area contributed by atoms with Crippen LogP contribution in [-0.2, 0) is 16.2 Å². The van der Waals surface area contributed by atoms with Crippen molar-refractivity contribution in [2.45, 2.75) is 57.8 Å². The molecule has 0 nitrogen and oxygen atoms in total. The first-order valence-corrected chi connectivity index (χ1v) is 21.3. The maximum atomic E-state index is 2.58. The van der Waals surface area contributed by atoms with Gasteiger partial charge in [0.05, 0.1) is 0 Å². The third kappa shape index (κ3) is 4.61. The van der Waals surface area contributed by atoms with Gasteiger partial charge in [-0.2, -0.15) is 0 Å². The molecule has 0 amide bonds. The van der Waals surface area contributed by atoms with Crippen molar-refractivity contribution in [2.24, 2.45) is 0 Å². The minimum Gasteiger partial charge on any atom is -0.0622 e. The van der Waals surface area contributed by atoms with Gasteiger partial charge < -0.3 is 0 Å². The first-order valence-electron chi connectivity index (χ1n) is 21.3. The van der Waals surface area contributed by atoms with Crippen LogP contribution >= 0.6 is 0 Å². The Balaban J connectivity index is 1.23. The predicted octanol–water partition coefficient (Wildman–Crippen LogP) is 15.9. The second-order valence-corrected chi connectivity index (χ2v) is 18.9. The highest BCUT2D eigenvalue weighted by Crippen LogP contribution is 2.57. The highest BCUT2D eigenvalue weighted by Gasteiger charge is 2.40. The van der Waals surface area contributed by atoms with Gasteiger partial charge in [0.15, 0.2) is 0 Å². The maximum absolute atomic E-state index is 2.58. The molecular weight excluding hydrogens is 709 g/mol. The SMILES string of the molecule is CC1(C)c2ccccc2-c2ccc(-c3c4cc5c(cc4c(-c4ccccc4)c4cc6c(cc34)-c3ccc(-c4ccccc4)cc3C6(C)C)C(C)(C)c3ccccc3-5)cc21. The Morgan fingerprint density at radius 1 is 0.237 bits per heavy atom. The Kier molecular flexibility index (Phi) is 6.91. The largest absolute Gasteiger partial charge is 0.0622 e. The summed E-state index contributed by atoms with van der Waals surface area (Å²) in [6.45, 7) is 14.5. The van der Waals surface area contributed by atoms with Crippen LogP contribution in [0.5, 0.6) is 0 Å². The molecule has 3 aliphatic carbocycles. The number of fused-ring (bicyclic) bond motifs is 11. The van der Waals surface area contributed by atoms with Crippen molar-refractivity contribution in [3.8, 4) is 66.8 Å². The van der Waals surface area contributed by atoms with Gasteiger partial charge in [0.2, 0.25) is 0 Å². The molecule has 0 spiro atoms. The summed E-state index contributed by atoms with van der Waals surface area (Å²) in [6.07, 6.45) is 0. The van der Waals surface area contributed by atoms with E-state index in [-0.39, 0.29) is 16.2 Å². The zero-order valence-corrected chi connectivity index (χ0v) is 34.7. The fourth-order valence-corrected chi connectivity index (χ4v) is 11.5. The third-order valence-corrected chi connectivity index (χ3v) is 14.7. The summed E-state index contributed by atoms with van der Waals surface area (Å²) in [5, 5.41) is 5.26. The lowest BCUT2D eigenvalue weighted by Crippen LogP contribution is -2.15. The standard InChI is InChI=1S/C59H46/c1-57(2)49-23-15-13-21-39(49)41-28-26-38(30-52(41)57)56-45-31-43-40-22-14-16-24-50(40)58(3,4)53(43)33-47(45)55(36-19-11-8-12-20-36)48-34-54-44(32-46(48)56)42-27-25-37(29-51(42)59(54,5)6)35-17-9-7-10-18-35/h7-34H,1-6H3. The van der Waals surface area contributed by atoms with Gasteiger partial charge in [-0.3, -0.25) is 0 Å². The molecule has 0 fully saturated rings.